The molecule has 2 heterocycles. The van der Waals surface area contributed by atoms with Crippen molar-refractivity contribution in [3.05, 3.63) is 17.7 Å². The Bertz CT molecular complexity index is 659. The van der Waals surface area contributed by atoms with Gasteiger partial charge in [-0.3, -0.25) is 4.79 Å². The predicted molar refractivity (Wildman–Crippen MR) is 92.8 cm³/mol. The van der Waals surface area contributed by atoms with E-state index >= 15 is 0 Å². The van der Waals surface area contributed by atoms with Crippen LogP contribution in [0, 0.1) is 11.8 Å². The SMILES string of the molecule is COc1cc(CN[C@@H]2CCN(C(=O)C3CC3)C[C@H]2C)cc2c1OCO2. The highest BCUT2D eigenvalue weighted by Crippen LogP contribution is 2.41. The summed E-state index contributed by atoms with van der Waals surface area (Å²) in [7, 11) is 1.64. The van der Waals surface area contributed by atoms with E-state index in [9.17, 15) is 4.79 Å². The summed E-state index contributed by atoms with van der Waals surface area (Å²) in [6.45, 7) is 4.94. The van der Waals surface area contributed by atoms with Crippen LogP contribution in [0.2, 0.25) is 0 Å². The van der Waals surface area contributed by atoms with Crippen LogP contribution in [0.15, 0.2) is 12.1 Å². The summed E-state index contributed by atoms with van der Waals surface area (Å²) in [4.78, 5) is 14.3. The van der Waals surface area contributed by atoms with Gasteiger partial charge in [0.15, 0.2) is 11.5 Å². The molecule has 0 spiro atoms. The van der Waals surface area contributed by atoms with Crippen LogP contribution >= 0.6 is 0 Å². The van der Waals surface area contributed by atoms with Gasteiger partial charge in [0.25, 0.3) is 0 Å². The van der Waals surface area contributed by atoms with Gasteiger partial charge in [0, 0.05) is 31.6 Å². The maximum absolute atomic E-state index is 12.2. The van der Waals surface area contributed by atoms with Crippen molar-refractivity contribution in [2.45, 2.75) is 38.8 Å². The van der Waals surface area contributed by atoms with E-state index in [-0.39, 0.29) is 6.79 Å². The molecule has 6 heteroatoms. The van der Waals surface area contributed by atoms with Gasteiger partial charge in [0.05, 0.1) is 7.11 Å². The molecule has 4 rings (SSSR count). The molecule has 1 saturated heterocycles. The fourth-order valence-corrected chi connectivity index (χ4v) is 3.77. The number of ether oxygens (including phenoxy) is 3. The van der Waals surface area contributed by atoms with Gasteiger partial charge >= 0.3 is 0 Å². The van der Waals surface area contributed by atoms with Gasteiger partial charge in [-0.15, -0.1) is 0 Å². The van der Waals surface area contributed by atoms with Crippen LogP contribution in [0.3, 0.4) is 0 Å². The van der Waals surface area contributed by atoms with E-state index < -0.39 is 0 Å². The number of carbonyl (C=O) groups excluding carboxylic acids is 1. The predicted octanol–water partition coefficient (Wildman–Crippen LogP) is 2.16. The van der Waals surface area contributed by atoms with E-state index in [0.717, 1.165) is 50.2 Å². The van der Waals surface area contributed by atoms with E-state index in [4.69, 9.17) is 14.2 Å². The molecule has 6 nitrogen and oxygen atoms in total. The number of likely N-dealkylation sites (tertiary alicyclic amines) is 1. The fourth-order valence-electron chi connectivity index (χ4n) is 3.77. The van der Waals surface area contributed by atoms with Crippen LogP contribution in [0.5, 0.6) is 17.2 Å². The molecule has 0 unspecified atom stereocenters. The third-order valence-electron chi connectivity index (χ3n) is 5.43. The fraction of sp³-hybridized carbons (Fsp3) is 0.632. The molecular formula is C19H26N2O4. The summed E-state index contributed by atoms with van der Waals surface area (Å²) >= 11 is 0. The summed E-state index contributed by atoms with van der Waals surface area (Å²) < 4.78 is 16.3. The average Bonchev–Trinajstić information content (AvgIpc) is 3.36. The highest BCUT2D eigenvalue weighted by Gasteiger charge is 2.36. The zero-order valence-corrected chi connectivity index (χ0v) is 14.9. The highest BCUT2D eigenvalue weighted by molar-refractivity contribution is 5.81. The van der Waals surface area contributed by atoms with Gasteiger partial charge in [-0.1, -0.05) is 6.92 Å². The van der Waals surface area contributed by atoms with E-state index in [1.807, 2.05) is 12.1 Å². The van der Waals surface area contributed by atoms with Crippen LogP contribution in [-0.2, 0) is 11.3 Å². The number of methoxy groups -OCH3 is 1. The lowest BCUT2D eigenvalue weighted by Gasteiger charge is -2.37. The van der Waals surface area contributed by atoms with Gasteiger partial charge in [0.2, 0.25) is 18.4 Å². The minimum atomic E-state index is 0.243. The maximum Gasteiger partial charge on any atom is 0.231 e. The first-order valence-corrected chi connectivity index (χ1v) is 9.14. The second-order valence-electron chi connectivity index (χ2n) is 7.34. The maximum atomic E-state index is 12.2. The Labute approximate surface area is 148 Å². The van der Waals surface area contributed by atoms with E-state index in [1.165, 1.54) is 0 Å². The molecule has 2 atom stereocenters. The number of fused-ring (bicyclic) bond motifs is 1. The largest absolute Gasteiger partial charge is 0.493 e. The molecule has 1 saturated carbocycles. The number of hydrogen-bond donors (Lipinski definition) is 1. The van der Waals surface area contributed by atoms with Gasteiger partial charge in [-0.2, -0.15) is 0 Å². The molecule has 0 radical (unpaired) electrons. The number of piperidine rings is 1. The molecule has 1 aromatic carbocycles. The van der Waals surface area contributed by atoms with E-state index in [1.54, 1.807) is 7.11 Å². The molecule has 1 N–H and O–H groups in total. The molecule has 3 aliphatic rings. The van der Waals surface area contributed by atoms with Crippen LogP contribution < -0.4 is 19.5 Å². The normalized spacial score (nSPS) is 25.1. The molecule has 0 aromatic heterocycles. The number of hydrogen-bond acceptors (Lipinski definition) is 5. The quantitative estimate of drug-likeness (QED) is 0.885. The zero-order valence-electron chi connectivity index (χ0n) is 14.9. The van der Waals surface area contributed by atoms with Crippen molar-refractivity contribution in [2.24, 2.45) is 11.8 Å². The Morgan fingerprint density at radius 1 is 1.32 bits per heavy atom. The summed E-state index contributed by atoms with van der Waals surface area (Å²) in [5.74, 6) is 3.28. The Balaban J connectivity index is 1.35. The molecule has 2 fully saturated rings. The average molecular weight is 346 g/mol. The van der Waals surface area contributed by atoms with Gasteiger partial charge in [-0.25, -0.2) is 0 Å². The lowest BCUT2D eigenvalue weighted by Crippen LogP contribution is -2.50. The van der Waals surface area contributed by atoms with Gasteiger partial charge in [0.1, 0.15) is 0 Å². The minimum absolute atomic E-state index is 0.243. The second kappa shape index (κ2) is 6.75. The number of rotatable bonds is 5. The van der Waals surface area contributed by atoms with Crippen LogP contribution in [-0.4, -0.2) is 43.8 Å². The van der Waals surface area contributed by atoms with Crippen LogP contribution in [0.25, 0.3) is 0 Å². The first kappa shape index (κ1) is 16.5. The van der Waals surface area contributed by atoms with Crippen molar-refractivity contribution in [3.8, 4) is 17.2 Å². The molecule has 0 bridgehead atoms. The Morgan fingerprint density at radius 3 is 2.88 bits per heavy atom. The zero-order chi connectivity index (χ0) is 17.4. The standard InChI is InChI=1S/C19H26N2O4/c1-12-10-21(19(22)14-3-4-14)6-5-15(12)20-9-13-7-16(23-2)18-17(8-13)24-11-25-18/h7-8,12,14-15,20H,3-6,9-11H2,1-2H3/t12-,15-/m1/s1. The molecule has 136 valence electrons. The second-order valence-corrected chi connectivity index (χ2v) is 7.34. The van der Waals surface area contributed by atoms with E-state index in [0.29, 0.717) is 35.3 Å². The molecular weight excluding hydrogens is 320 g/mol. The van der Waals surface area contributed by atoms with Crippen molar-refractivity contribution in [3.63, 3.8) is 0 Å². The summed E-state index contributed by atoms with van der Waals surface area (Å²) in [6, 6.07) is 4.42. The third kappa shape index (κ3) is 3.40. The summed E-state index contributed by atoms with van der Waals surface area (Å²) in [6.07, 6.45) is 3.16. The smallest absolute Gasteiger partial charge is 0.231 e. The number of carbonyl (C=O) groups is 1. The molecule has 2 aliphatic heterocycles. The minimum Gasteiger partial charge on any atom is -0.493 e. The topological polar surface area (TPSA) is 60.0 Å². The Hall–Kier alpha value is -1.95. The monoisotopic (exact) mass is 346 g/mol. The molecule has 1 aromatic rings. The van der Waals surface area contributed by atoms with Crippen LogP contribution in [0.4, 0.5) is 0 Å². The number of nitrogens with zero attached hydrogens (tertiary/aromatic N) is 1. The van der Waals surface area contributed by atoms with Crippen LogP contribution in [0.1, 0.15) is 31.7 Å². The van der Waals surface area contributed by atoms with Crippen molar-refractivity contribution in [1.29, 1.82) is 0 Å². The first-order chi connectivity index (χ1) is 12.2. The number of amides is 1. The molecule has 25 heavy (non-hydrogen) atoms. The Morgan fingerprint density at radius 2 is 2.16 bits per heavy atom. The first-order valence-electron chi connectivity index (χ1n) is 9.14. The Kier molecular flexibility index (Phi) is 4.46. The lowest BCUT2D eigenvalue weighted by molar-refractivity contribution is -0.134. The third-order valence-corrected chi connectivity index (χ3v) is 5.43. The number of benzene rings is 1. The van der Waals surface area contributed by atoms with Crippen molar-refractivity contribution in [1.82, 2.24) is 10.2 Å². The highest BCUT2D eigenvalue weighted by atomic mass is 16.7. The summed E-state index contributed by atoms with van der Waals surface area (Å²) in [5, 5.41) is 3.64. The molecule has 1 amide bonds. The van der Waals surface area contributed by atoms with Crippen molar-refractivity contribution in [2.75, 3.05) is 27.0 Å². The number of nitrogens with one attached hydrogen (secondary N) is 1. The lowest BCUT2D eigenvalue weighted by atomic mass is 9.93. The van der Waals surface area contributed by atoms with Gasteiger partial charge in [-0.05, 0) is 42.9 Å². The molecule has 1 aliphatic carbocycles. The van der Waals surface area contributed by atoms with Crippen molar-refractivity contribution >= 4 is 5.91 Å². The van der Waals surface area contributed by atoms with Gasteiger partial charge < -0.3 is 24.4 Å². The summed E-state index contributed by atoms with van der Waals surface area (Å²) in [5.41, 5.74) is 1.12. The van der Waals surface area contributed by atoms with E-state index in [2.05, 4.69) is 17.1 Å². The van der Waals surface area contributed by atoms with Crippen molar-refractivity contribution < 1.29 is 19.0 Å².